The van der Waals surface area contributed by atoms with Crippen LogP contribution in [0.5, 0.6) is 0 Å². The van der Waals surface area contributed by atoms with Crippen LogP contribution in [0.1, 0.15) is 33.6 Å². The summed E-state index contributed by atoms with van der Waals surface area (Å²) in [5.74, 6) is 0. The van der Waals surface area contributed by atoms with Crippen LogP contribution in [-0.2, 0) is 4.74 Å². The van der Waals surface area contributed by atoms with Crippen LogP contribution in [-0.4, -0.2) is 49.0 Å². The molecule has 3 heteroatoms. The van der Waals surface area contributed by atoms with Gasteiger partial charge in [-0.2, -0.15) is 0 Å². The lowest BCUT2D eigenvalue weighted by molar-refractivity contribution is 0.0591. The number of rotatable bonds is 4. The van der Waals surface area contributed by atoms with Crippen LogP contribution in [0.2, 0.25) is 0 Å². The van der Waals surface area contributed by atoms with Gasteiger partial charge in [0.25, 0.3) is 0 Å². The molecule has 0 aromatic rings. The van der Waals surface area contributed by atoms with E-state index in [1.165, 1.54) is 19.6 Å². The van der Waals surface area contributed by atoms with Crippen molar-refractivity contribution in [3.05, 3.63) is 0 Å². The zero-order valence-electron chi connectivity index (χ0n) is 9.83. The Kier molecular flexibility index (Phi) is 9.35. The van der Waals surface area contributed by atoms with Crippen molar-refractivity contribution < 1.29 is 9.84 Å². The first-order valence-electron chi connectivity index (χ1n) is 5.73. The van der Waals surface area contributed by atoms with E-state index in [0.717, 1.165) is 19.4 Å². The largest absolute Gasteiger partial charge is 0.394 e. The van der Waals surface area contributed by atoms with Gasteiger partial charge in [-0.15, -0.1) is 0 Å². The van der Waals surface area contributed by atoms with E-state index in [1.807, 2.05) is 0 Å². The van der Waals surface area contributed by atoms with Gasteiger partial charge in [0.05, 0.1) is 12.7 Å². The van der Waals surface area contributed by atoms with Crippen molar-refractivity contribution in [3.63, 3.8) is 0 Å². The molecule has 0 aliphatic carbocycles. The van der Waals surface area contributed by atoms with Crippen molar-refractivity contribution >= 4 is 0 Å². The molecule has 1 aliphatic rings. The van der Waals surface area contributed by atoms with Crippen LogP contribution in [0.3, 0.4) is 0 Å². The van der Waals surface area contributed by atoms with Crippen molar-refractivity contribution in [3.8, 4) is 0 Å². The number of hydrogen-bond donors (Lipinski definition) is 1. The van der Waals surface area contributed by atoms with E-state index >= 15 is 0 Å². The minimum absolute atomic E-state index is 0.153. The first-order chi connectivity index (χ1) is 6.78. The van der Waals surface area contributed by atoms with Gasteiger partial charge in [-0.25, -0.2) is 0 Å². The molecule has 0 bridgehead atoms. The van der Waals surface area contributed by atoms with Gasteiger partial charge in [-0.1, -0.05) is 20.8 Å². The van der Waals surface area contributed by atoms with Crippen molar-refractivity contribution in [2.24, 2.45) is 0 Å². The molecule has 1 unspecified atom stereocenters. The first-order valence-corrected chi connectivity index (χ1v) is 5.73. The minimum atomic E-state index is 0.153. The molecule has 0 spiro atoms. The van der Waals surface area contributed by atoms with Gasteiger partial charge in [-0.05, 0) is 32.5 Å². The van der Waals surface area contributed by atoms with E-state index in [9.17, 15) is 0 Å². The Balaban J connectivity index is 0.000000241. The molecule has 0 aromatic carbocycles. The Hall–Kier alpha value is -0.120. The lowest BCUT2D eigenvalue weighted by Crippen LogP contribution is -2.21. The summed E-state index contributed by atoms with van der Waals surface area (Å²) in [6.45, 7) is 11.2. The fraction of sp³-hybridized carbons (Fsp3) is 1.00. The predicted octanol–water partition coefficient (Wildman–Crippen LogP) is 1.51. The lowest BCUT2D eigenvalue weighted by atomic mass is 10.2. The Morgan fingerprint density at radius 3 is 1.93 bits per heavy atom. The number of aliphatic hydroxyl groups is 1. The summed E-state index contributed by atoms with van der Waals surface area (Å²) in [7, 11) is 0. The summed E-state index contributed by atoms with van der Waals surface area (Å²) in [5, 5.41) is 8.44. The van der Waals surface area contributed by atoms with E-state index < -0.39 is 0 Å². The first kappa shape index (κ1) is 13.9. The number of ether oxygens (including phenoxy) is 1. The van der Waals surface area contributed by atoms with Gasteiger partial charge in [0.15, 0.2) is 0 Å². The highest BCUT2D eigenvalue weighted by Crippen LogP contribution is 2.09. The molecule has 1 rings (SSSR count). The standard InChI is InChI=1S/C6H15N.C5H10O2/c1-4-7(5-2)6-3;6-4-5-2-1-3-7-5/h4-6H2,1-3H3;5-6H,1-4H2. The van der Waals surface area contributed by atoms with Crippen molar-refractivity contribution in [1.82, 2.24) is 4.90 Å². The third-order valence-corrected chi connectivity index (χ3v) is 2.57. The van der Waals surface area contributed by atoms with E-state index in [4.69, 9.17) is 9.84 Å². The fourth-order valence-electron chi connectivity index (χ4n) is 1.46. The Morgan fingerprint density at radius 1 is 1.21 bits per heavy atom. The van der Waals surface area contributed by atoms with Crippen molar-refractivity contribution in [2.75, 3.05) is 32.8 Å². The average molecular weight is 203 g/mol. The Labute approximate surface area is 88.1 Å². The molecule has 86 valence electrons. The van der Waals surface area contributed by atoms with E-state index in [0.29, 0.717) is 0 Å². The minimum Gasteiger partial charge on any atom is -0.394 e. The zero-order valence-corrected chi connectivity index (χ0v) is 9.83. The maximum atomic E-state index is 8.44. The van der Waals surface area contributed by atoms with Gasteiger partial charge < -0.3 is 14.7 Å². The highest BCUT2D eigenvalue weighted by molar-refractivity contribution is 4.61. The van der Waals surface area contributed by atoms with Crippen LogP contribution in [0, 0.1) is 0 Å². The molecule has 1 aliphatic heterocycles. The molecular formula is C11H25NO2. The van der Waals surface area contributed by atoms with Gasteiger partial charge in [0, 0.05) is 6.61 Å². The average Bonchev–Trinajstić information content (AvgIpc) is 2.74. The van der Waals surface area contributed by atoms with Crippen LogP contribution >= 0.6 is 0 Å². The molecule has 0 saturated carbocycles. The molecule has 1 atom stereocenters. The SMILES string of the molecule is CCN(CC)CC.OCC1CCCO1. The van der Waals surface area contributed by atoms with Crippen LogP contribution in [0.4, 0.5) is 0 Å². The monoisotopic (exact) mass is 203 g/mol. The molecule has 1 heterocycles. The smallest absolute Gasteiger partial charge is 0.0806 e. The lowest BCUT2D eigenvalue weighted by Gasteiger charge is -2.13. The summed E-state index contributed by atoms with van der Waals surface area (Å²) in [6.07, 6.45) is 2.31. The molecule has 1 fully saturated rings. The summed E-state index contributed by atoms with van der Waals surface area (Å²) in [4.78, 5) is 2.38. The molecule has 1 N–H and O–H groups in total. The summed E-state index contributed by atoms with van der Waals surface area (Å²) in [5.41, 5.74) is 0. The number of nitrogens with zero attached hydrogens (tertiary/aromatic N) is 1. The van der Waals surface area contributed by atoms with Crippen molar-refractivity contribution in [2.45, 2.75) is 39.7 Å². The predicted molar refractivity (Wildman–Crippen MR) is 59.5 cm³/mol. The molecule has 0 amide bonds. The zero-order chi connectivity index (χ0) is 10.8. The third-order valence-electron chi connectivity index (χ3n) is 2.57. The maximum absolute atomic E-state index is 8.44. The van der Waals surface area contributed by atoms with Crippen molar-refractivity contribution in [1.29, 1.82) is 0 Å². The Bertz CT molecular complexity index is 101. The molecule has 1 saturated heterocycles. The normalized spacial score (nSPS) is 20.8. The Morgan fingerprint density at radius 2 is 1.79 bits per heavy atom. The second-order valence-electron chi connectivity index (χ2n) is 3.44. The van der Waals surface area contributed by atoms with Crippen LogP contribution in [0.15, 0.2) is 0 Å². The molecule has 3 nitrogen and oxygen atoms in total. The maximum Gasteiger partial charge on any atom is 0.0806 e. The number of aliphatic hydroxyl groups excluding tert-OH is 1. The summed E-state index contributed by atoms with van der Waals surface area (Å²) < 4.78 is 5.05. The van der Waals surface area contributed by atoms with E-state index in [2.05, 4.69) is 25.7 Å². The topological polar surface area (TPSA) is 32.7 Å². The second-order valence-corrected chi connectivity index (χ2v) is 3.44. The fourth-order valence-corrected chi connectivity index (χ4v) is 1.46. The van der Waals surface area contributed by atoms with E-state index in [-0.39, 0.29) is 12.7 Å². The summed E-state index contributed by atoms with van der Waals surface area (Å²) >= 11 is 0. The highest BCUT2D eigenvalue weighted by Gasteiger charge is 2.12. The van der Waals surface area contributed by atoms with E-state index in [1.54, 1.807) is 0 Å². The third kappa shape index (κ3) is 6.35. The quantitative estimate of drug-likeness (QED) is 0.751. The van der Waals surface area contributed by atoms with Gasteiger partial charge in [-0.3, -0.25) is 0 Å². The second kappa shape index (κ2) is 9.44. The molecular weight excluding hydrogens is 178 g/mol. The van der Waals surface area contributed by atoms with Gasteiger partial charge in [0.1, 0.15) is 0 Å². The van der Waals surface area contributed by atoms with Gasteiger partial charge in [0.2, 0.25) is 0 Å². The van der Waals surface area contributed by atoms with Crippen LogP contribution < -0.4 is 0 Å². The molecule has 0 aromatic heterocycles. The number of hydrogen-bond acceptors (Lipinski definition) is 3. The highest BCUT2D eigenvalue weighted by atomic mass is 16.5. The molecule has 14 heavy (non-hydrogen) atoms. The van der Waals surface area contributed by atoms with Gasteiger partial charge >= 0.3 is 0 Å². The van der Waals surface area contributed by atoms with Crippen LogP contribution in [0.25, 0.3) is 0 Å². The molecule has 0 radical (unpaired) electrons. The summed E-state index contributed by atoms with van der Waals surface area (Å²) in [6, 6.07) is 0.